The van der Waals surface area contributed by atoms with Gasteiger partial charge in [-0.05, 0) is 25.8 Å². The van der Waals surface area contributed by atoms with Crippen molar-refractivity contribution in [3.05, 3.63) is 11.7 Å². The molecule has 3 unspecified atom stereocenters. The Morgan fingerprint density at radius 3 is 2.87 bits per heavy atom. The molecule has 0 radical (unpaired) electrons. The molecular weight excluding hydrogens is 190 g/mol. The van der Waals surface area contributed by atoms with Crippen LogP contribution in [0, 0.1) is 5.92 Å². The average Bonchev–Trinajstić information content (AvgIpc) is 2.80. The topological polar surface area (TPSA) is 51.0 Å². The van der Waals surface area contributed by atoms with Crippen molar-refractivity contribution < 1.29 is 4.52 Å². The molecule has 2 rings (SSSR count). The smallest absolute Gasteiger partial charge is 0.228 e. The summed E-state index contributed by atoms with van der Waals surface area (Å²) >= 11 is 0. The molecule has 4 heteroatoms. The lowest BCUT2D eigenvalue weighted by atomic mass is 10.1. The largest absolute Gasteiger partial charge is 0.339 e. The van der Waals surface area contributed by atoms with Gasteiger partial charge in [-0.3, -0.25) is 0 Å². The van der Waals surface area contributed by atoms with Gasteiger partial charge in [0.1, 0.15) is 0 Å². The lowest BCUT2D eigenvalue weighted by Gasteiger charge is -2.09. The van der Waals surface area contributed by atoms with Crippen LogP contribution in [0.15, 0.2) is 4.52 Å². The predicted molar refractivity (Wildman–Crippen MR) is 57.7 cm³/mol. The summed E-state index contributed by atoms with van der Waals surface area (Å²) in [6.45, 7) is 4.38. The number of aromatic nitrogens is 2. The Hall–Kier alpha value is -0.900. The van der Waals surface area contributed by atoms with Gasteiger partial charge in [0.25, 0.3) is 0 Å². The first-order valence-electron chi connectivity index (χ1n) is 5.74. The van der Waals surface area contributed by atoms with Crippen molar-refractivity contribution in [2.75, 3.05) is 7.05 Å². The molecule has 0 aromatic carbocycles. The number of nitrogens with one attached hydrogen (secondary N) is 1. The van der Waals surface area contributed by atoms with E-state index < -0.39 is 0 Å². The molecule has 84 valence electrons. The number of hydrogen-bond acceptors (Lipinski definition) is 4. The summed E-state index contributed by atoms with van der Waals surface area (Å²) in [6, 6.07) is 0.440. The second-order valence-electron chi connectivity index (χ2n) is 4.46. The number of rotatable bonds is 5. The van der Waals surface area contributed by atoms with Gasteiger partial charge in [-0.25, -0.2) is 0 Å². The minimum absolute atomic E-state index is 0.440. The fourth-order valence-electron chi connectivity index (χ4n) is 1.84. The highest BCUT2D eigenvalue weighted by Gasteiger charge is 2.38. The molecule has 0 spiro atoms. The van der Waals surface area contributed by atoms with Crippen LogP contribution < -0.4 is 5.32 Å². The van der Waals surface area contributed by atoms with Crippen molar-refractivity contribution >= 4 is 0 Å². The van der Waals surface area contributed by atoms with E-state index in [1.807, 2.05) is 7.05 Å². The molecule has 1 aliphatic rings. The molecule has 1 fully saturated rings. The zero-order valence-corrected chi connectivity index (χ0v) is 9.66. The second-order valence-corrected chi connectivity index (χ2v) is 4.46. The minimum Gasteiger partial charge on any atom is -0.339 e. The van der Waals surface area contributed by atoms with Crippen LogP contribution in [0.3, 0.4) is 0 Å². The van der Waals surface area contributed by atoms with Crippen LogP contribution in [0.1, 0.15) is 44.3 Å². The van der Waals surface area contributed by atoms with Crippen molar-refractivity contribution in [1.82, 2.24) is 15.5 Å². The van der Waals surface area contributed by atoms with Gasteiger partial charge < -0.3 is 9.84 Å². The molecule has 0 bridgehead atoms. The molecule has 1 saturated carbocycles. The van der Waals surface area contributed by atoms with Crippen LogP contribution in [0.2, 0.25) is 0 Å². The third kappa shape index (κ3) is 2.37. The normalized spacial score (nSPS) is 26.6. The molecule has 1 aromatic heterocycles. The van der Waals surface area contributed by atoms with E-state index in [2.05, 4.69) is 29.3 Å². The molecule has 1 N–H and O–H groups in total. The first-order chi connectivity index (χ1) is 7.24. The molecule has 4 nitrogen and oxygen atoms in total. The SMILES string of the molecule is CCC(Cc1nc(C2CC2C)no1)NC. The Labute approximate surface area is 90.4 Å². The maximum Gasteiger partial charge on any atom is 0.228 e. The number of nitrogens with zero attached hydrogens (tertiary/aromatic N) is 2. The van der Waals surface area contributed by atoms with Crippen molar-refractivity contribution in [2.24, 2.45) is 5.92 Å². The summed E-state index contributed by atoms with van der Waals surface area (Å²) in [5.74, 6) is 2.97. The summed E-state index contributed by atoms with van der Waals surface area (Å²) in [7, 11) is 1.97. The lowest BCUT2D eigenvalue weighted by molar-refractivity contribution is 0.354. The average molecular weight is 209 g/mol. The lowest BCUT2D eigenvalue weighted by Crippen LogP contribution is -2.26. The first kappa shape index (κ1) is 10.6. The molecule has 0 aliphatic heterocycles. The van der Waals surface area contributed by atoms with Crippen molar-refractivity contribution in [2.45, 2.75) is 45.1 Å². The third-order valence-corrected chi connectivity index (χ3v) is 3.25. The maximum absolute atomic E-state index is 5.25. The van der Waals surface area contributed by atoms with Gasteiger partial charge in [0.2, 0.25) is 5.89 Å². The molecule has 15 heavy (non-hydrogen) atoms. The molecule has 1 aromatic rings. The van der Waals surface area contributed by atoms with Crippen LogP contribution >= 0.6 is 0 Å². The summed E-state index contributed by atoms with van der Waals surface area (Å²) < 4.78 is 5.25. The van der Waals surface area contributed by atoms with Crippen molar-refractivity contribution in [3.8, 4) is 0 Å². The van der Waals surface area contributed by atoms with E-state index in [0.29, 0.717) is 12.0 Å². The number of hydrogen-bond donors (Lipinski definition) is 1. The van der Waals surface area contributed by atoms with Gasteiger partial charge in [0.15, 0.2) is 5.82 Å². The Bertz CT molecular complexity index is 319. The van der Waals surface area contributed by atoms with Crippen molar-refractivity contribution in [3.63, 3.8) is 0 Å². The zero-order valence-electron chi connectivity index (χ0n) is 9.66. The van der Waals surface area contributed by atoms with Gasteiger partial charge in [-0.2, -0.15) is 4.98 Å². The quantitative estimate of drug-likeness (QED) is 0.802. The summed E-state index contributed by atoms with van der Waals surface area (Å²) in [5.41, 5.74) is 0. The molecule has 3 atom stereocenters. The monoisotopic (exact) mass is 209 g/mol. The van der Waals surface area contributed by atoms with Crippen LogP contribution in [0.4, 0.5) is 0 Å². The molecule has 1 heterocycles. The van der Waals surface area contributed by atoms with Gasteiger partial charge >= 0.3 is 0 Å². The highest BCUT2D eigenvalue weighted by molar-refractivity contribution is 5.07. The Morgan fingerprint density at radius 1 is 1.60 bits per heavy atom. The molecule has 0 saturated heterocycles. The first-order valence-corrected chi connectivity index (χ1v) is 5.74. The van der Waals surface area contributed by atoms with E-state index in [0.717, 1.165) is 30.5 Å². The molecule has 0 amide bonds. The standard InChI is InChI=1S/C11H19N3O/c1-4-8(12-3)6-10-13-11(14-15-10)9-5-7(9)2/h7-9,12H,4-6H2,1-3H3. The fourth-order valence-corrected chi connectivity index (χ4v) is 1.84. The summed E-state index contributed by atoms with van der Waals surface area (Å²) in [6.07, 6.45) is 3.12. The Kier molecular flexibility index (Phi) is 3.05. The zero-order chi connectivity index (χ0) is 10.8. The van der Waals surface area contributed by atoms with Gasteiger partial charge in [-0.15, -0.1) is 0 Å². The summed E-state index contributed by atoms with van der Waals surface area (Å²) in [4.78, 5) is 4.44. The van der Waals surface area contributed by atoms with E-state index in [9.17, 15) is 0 Å². The van der Waals surface area contributed by atoms with Crippen LogP contribution in [0.5, 0.6) is 0 Å². The highest BCUT2D eigenvalue weighted by atomic mass is 16.5. The van der Waals surface area contributed by atoms with Gasteiger partial charge in [0.05, 0.1) is 0 Å². The Balaban J connectivity index is 1.95. The van der Waals surface area contributed by atoms with Crippen LogP contribution in [-0.2, 0) is 6.42 Å². The van der Waals surface area contributed by atoms with Gasteiger partial charge in [0, 0.05) is 18.4 Å². The van der Waals surface area contributed by atoms with Gasteiger partial charge in [-0.1, -0.05) is 19.0 Å². The van der Waals surface area contributed by atoms with E-state index in [-0.39, 0.29) is 0 Å². The van der Waals surface area contributed by atoms with Crippen LogP contribution in [-0.4, -0.2) is 23.2 Å². The van der Waals surface area contributed by atoms with E-state index >= 15 is 0 Å². The number of likely N-dealkylation sites (N-methyl/N-ethyl adjacent to an activating group) is 1. The maximum atomic E-state index is 5.25. The van der Waals surface area contributed by atoms with E-state index in [1.54, 1.807) is 0 Å². The van der Waals surface area contributed by atoms with E-state index in [1.165, 1.54) is 6.42 Å². The Morgan fingerprint density at radius 2 is 2.33 bits per heavy atom. The summed E-state index contributed by atoms with van der Waals surface area (Å²) in [5, 5.41) is 7.27. The predicted octanol–water partition coefficient (Wildman–Crippen LogP) is 1.73. The highest BCUT2D eigenvalue weighted by Crippen LogP contribution is 2.45. The molecular formula is C11H19N3O. The third-order valence-electron chi connectivity index (χ3n) is 3.25. The van der Waals surface area contributed by atoms with E-state index in [4.69, 9.17) is 4.52 Å². The minimum atomic E-state index is 0.440. The van der Waals surface area contributed by atoms with Crippen LogP contribution in [0.25, 0.3) is 0 Å². The molecule has 1 aliphatic carbocycles. The fraction of sp³-hybridized carbons (Fsp3) is 0.818. The second kappa shape index (κ2) is 4.31. The van der Waals surface area contributed by atoms with Crippen molar-refractivity contribution in [1.29, 1.82) is 0 Å².